The molecule has 0 heterocycles. The van der Waals surface area contributed by atoms with Crippen molar-refractivity contribution in [2.24, 2.45) is 5.41 Å². The van der Waals surface area contributed by atoms with Crippen molar-refractivity contribution in [2.75, 3.05) is 7.11 Å². The van der Waals surface area contributed by atoms with Crippen molar-refractivity contribution < 1.29 is 9.84 Å². The van der Waals surface area contributed by atoms with E-state index in [-0.39, 0.29) is 5.41 Å². The van der Waals surface area contributed by atoms with E-state index in [1.54, 1.807) is 0 Å². The smallest absolute Gasteiger partial charge is 0.158 e. The normalized spacial score (nSPS) is 16.1. The van der Waals surface area contributed by atoms with Crippen molar-refractivity contribution in [3.8, 4) is 0 Å². The number of ether oxygens (including phenoxy) is 1. The Morgan fingerprint density at radius 2 is 1.75 bits per heavy atom. The second kappa shape index (κ2) is 2.46. The molecule has 0 rings (SSSR count). The molecule has 1 unspecified atom stereocenters. The number of hydrogen-bond donors (Lipinski definition) is 1. The second-order valence-electron chi connectivity index (χ2n) is 2.95. The minimum absolute atomic E-state index is 0.158. The molecule has 1 N–H and O–H groups in total. The summed E-state index contributed by atoms with van der Waals surface area (Å²) in [4.78, 5) is 0. The molecule has 0 amide bonds. The van der Waals surface area contributed by atoms with E-state index in [1.807, 2.05) is 20.8 Å². The van der Waals surface area contributed by atoms with Gasteiger partial charge in [-0.3, -0.25) is 0 Å². The van der Waals surface area contributed by atoms with Crippen molar-refractivity contribution in [3.05, 3.63) is 0 Å². The van der Waals surface area contributed by atoms with Crippen LogP contribution in [0, 0.1) is 5.41 Å². The Morgan fingerprint density at radius 3 is 1.75 bits per heavy atom. The third kappa shape index (κ3) is 2.28. The lowest BCUT2D eigenvalue weighted by Gasteiger charge is -2.23. The zero-order valence-corrected chi connectivity index (χ0v) is 5.93. The first-order valence-electron chi connectivity index (χ1n) is 2.69. The number of hydrogen-bond acceptors (Lipinski definition) is 2. The molecule has 2 heteroatoms. The fourth-order valence-corrected chi connectivity index (χ4v) is 0.354. The van der Waals surface area contributed by atoms with Crippen LogP contribution in [-0.2, 0) is 4.74 Å². The van der Waals surface area contributed by atoms with Crippen LogP contribution in [0.4, 0.5) is 0 Å². The minimum Gasteiger partial charge on any atom is -0.368 e. The molecule has 0 aliphatic carbocycles. The Bertz CT molecular complexity index is 63.4. The van der Waals surface area contributed by atoms with Gasteiger partial charge in [0.1, 0.15) is 0 Å². The monoisotopic (exact) mass is 118 g/mol. The third-order valence-corrected chi connectivity index (χ3v) is 0.964. The van der Waals surface area contributed by atoms with Gasteiger partial charge >= 0.3 is 0 Å². The molecular weight excluding hydrogens is 104 g/mol. The van der Waals surface area contributed by atoms with Gasteiger partial charge in [0.15, 0.2) is 6.29 Å². The summed E-state index contributed by atoms with van der Waals surface area (Å²) < 4.78 is 4.67. The topological polar surface area (TPSA) is 29.5 Å². The van der Waals surface area contributed by atoms with E-state index in [0.717, 1.165) is 0 Å². The third-order valence-electron chi connectivity index (χ3n) is 0.964. The first-order chi connectivity index (χ1) is 3.48. The first-order valence-corrected chi connectivity index (χ1v) is 2.69. The Hall–Kier alpha value is -0.0800. The molecule has 0 saturated heterocycles. The van der Waals surface area contributed by atoms with Crippen LogP contribution in [0.1, 0.15) is 20.8 Å². The SMILES string of the molecule is COC(O)C(C)(C)C. The predicted octanol–water partition coefficient (Wildman–Crippen LogP) is 0.997. The summed E-state index contributed by atoms with van der Waals surface area (Å²) in [6, 6.07) is 0. The molecule has 0 aliphatic rings. The highest BCUT2D eigenvalue weighted by Gasteiger charge is 2.20. The van der Waals surface area contributed by atoms with E-state index in [9.17, 15) is 0 Å². The minimum atomic E-state index is -0.650. The standard InChI is InChI=1S/C6H14O2/c1-6(2,3)5(7)8-4/h5,7H,1-4H3. The van der Waals surface area contributed by atoms with Crippen molar-refractivity contribution in [1.29, 1.82) is 0 Å². The molecule has 0 radical (unpaired) electrons. The van der Waals surface area contributed by atoms with Gasteiger partial charge in [-0.25, -0.2) is 0 Å². The van der Waals surface area contributed by atoms with Crippen LogP contribution in [0.3, 0.4) is 0 Å². The summed E-state index contributed by atoms with van der Waals surface area (Å²) in [5, 5.41) is 8.97. The van der Waals surface area contributed by atoms with E-state index in [1.165, 1.54) is 7.11 Å². The highest BCUT2D eigenvalue weighted by atomic mass is 16.6. The first kappa shape index (κ1) is 7.92. The molecule has 0 saturated carbocycles. The molecule has 2 nitrogen and oxygen atoms in total. The molecular formula is C6H14O2. The van der Waals surface area contributed by atoms with Crippen molar-refractivity contribution in [1.82, 2.24) is 0 Å². The van der Waals surface area contributed by atoms with E-state index in [0.29, 0.717) is 0 Å². The summed E-state index contributed by atoms with van der Waals surface area (Å²) >= 11 is 0. The van der Waals surface area contributed by atoms with Gasteiger partial charge in [-0.1, -0.05) is 20.8 Å². The molecule has 0 spiro atoms. The van der Waals surface area contributed by atoms with E-state index in [2.05, 4.69) is 4.74 Å². The zero-order valence-electron chi connectivity index (χ0n) is 5.93. The maximum atomic E-state index is 8.97. The molecule has 0 aliphatic heterocycles. The van der Waals surface area contributed by atoms with Gasteiger partial charge in [-0.15, -0.1) is 0 Å². The van der Waals surface area contributed by atoms with Gasteiger partial charge in [0.05, 0.1) is 0 Å². The maximum absolute atomic E-state index is 8.97. The largest absolute Gasteiger partial charge is 0.368 e. The summed E-state index contributed by atoms with van der Waals surface area (Å²) in [6.07, 6.45) is -0.650. The number of rotatable bonds is 1. The van der Waals surface area contributed by atoms with Crippen molar-refractivity contribution in [2.45, 2.75) is 27.1 Å². The quantitative estimate of drug-likeness (QED) is 0.520. The van der Waals surface area contributed by atoms with Gasteiger partial charge in [0, 0.05) is 12.5 Å². The van der Waals surface area contributed by atoms with E-state index >= 15 is 0 Å². The van der Waals surface area contributed by atoms with E-state index < -0.39 is 6.29 Å². The van der Waals surface area contributed by atoms with Crippen LogP contribution in [0.5, 0.6) is 0 Å². The van der Waals surface area contributed by atoms with Gasteiger partial charge in [0.2, 0.25) is 0 Å². The zero-order chi connectivity index (χ0) is 6.78. The van der Waals surface area contributed by atoms with E-state index in [4.69, 9.17) is 5.11 Å². The number of aliphatic hydroxyl groups excluding tert-OH is 1. The highest BCUT2D eigenvalue weighted by Crippen LogP contribution is 2.18. The molecule has 0 aromatic carbocycles. The highest BCUT2D eigenvalue weighted by molar-refractivity contribution is 4.62. The van der Waals surface area contributed by atoms with Crippen LogP contribution in [0.15, 0.2) is 0 Å². The average Bonchev–Trinajstić information content (AvgIpc) is 1.62. The summed E-state index contributed by atoms with van der Waals surface area (Å²) in [5.41, 5.74) is -0.158. The molecule has 50 valence electrons. The van der Waals surface area contributed by atoms with Gasteiger partial charge in [0.25, 0.3) is 0 Å². The fraction of sp³-hybridized carbons (Fsp3) is 1.00. The molecule has 0 aromatic rings. The van der Waals surface area contributed by atoms with Crippen LogP contribution in [-0.4, -0.2) is 18.5 Å². The molecule has 0 bridgehead atoms. The van der Waals surface area contributed by atoms with Crippen LogP contribution < -0.4 is 0 Å². The Kier molecular flexibility index (Phi) is 2.44. The Labute approximate surface area is 50.5 Å². The fourth-order valence-electron chi connectivity index (χ4n) is 0.354. The summed E-state index contributed by atoms with van der Waals surface area (Å²) in [5.74, 6) is 0. The second-order valence-corrected chi connectivity index (χ2v) is 2.95. The lowest BCUT2D eigenvalue weighted by atomic mass is 9.96. The Morgan fingerprint density at radius 1 is 1.38 bits per heavy atom. The summed E-state index contributed by atoms with van der Waals surface area (Å²) in [6.45, 7) is 5.75. The van der Waals surface area contributed by atoms with Crippen molar-refractivity contribution in [3.63, 3.8) is 0 Å². The molecule has 8 heavy (non-hydrogen) atoms. The van der Waals surface area contributed by atoms with Gasteiger partial charge < -0.3 is 9.84 Å². The summed E-state index contributed by atoms with van der Waals surface area (Å²) in [7, 11) is 1.50. The average molecular weight is 118 g/mol. The van der Waals surface area contributed by atoms with Gasteiger partial charge in [-0.05, 0) is 0 Å². The predicted molar refractivity (Wildman–Crippen MR) is 32.5 cm³/mol. The number of aliphatic hydroxyl groups is 1. The van der Waals surface area contributed by atoms with Gasteiger partial charge in [-0.2, -0.15) is 0 Å². The Balaban J connectivity index is 3.62. The molecule has 0 fully saturated rings. The maximum Gasteiger partial charge on any atom is 0.158 e. The van der Waals surface area contributed by atoms with Crippen LogP contribution in [0.25, 0.3) is 0 Å². The lowest BCUT2D eigenvalue weighted by Crippen LogP contribution is -2.27. The lowest BCUT2D eigenvalue weighted by molar-refractivity contribution is -0.139. The molecule has 0 aromatic heterocycles. The molecule has 1 atom stereocenters. The number of methoxy groups -OCH3 is 1. The van der Waals surface area contributed by atoms with Crippen LogP contribution >= 0.6 is 0 Å². The van der Waals surface area contributed by atoms with Crippen molar-refractivity contribution >= 4 is 0 Å². The van der Waals surface area contributed by atoms with Crippen LogP contribution in [0.2, 0.25) is 0 Å².